The van der Waals surface area contributed by atoms with Crippen LogP contribution in [0.25, 0.3) is 6.20 Å². The first-order chi connectivity index (χ1) is 21.3. The van der Waals surface area contributed by atoms with Crippen molar-refractivity contribution in [2.24, 2.45) is 10.9 Å². The van der Waals surface area contributed by atoms with Gasteiger partial charge in [-0.05, 0) is 73.4 Å². The highest BCUT2D eigenvalue weighted by Gasteiger charge is 2.51. The van der Waals surface area contributed by atoms with Crippen LogP contribution < -0.4 is 5.56 Å². The Kier molecular flexibility index (Phi) is 9.06. The Bertz CT molecular complexity index is 1820. The molecule has 3 heterocycles. The van der Waals surface area contributed by atoms with Crippen molar-refractivity contribution in [3.05, 3.63) is 115 Å². The molecule has 4 unspecified atom stereocenters. The average Bonchev–Trinajstić information content (AvgIpc) is 3.62. The van der Waals surface area contributed by atoms with Gasteiger partial charge in [-0.1, -0.05) is 42.3 Å². The second-order valence-electron chi connectivity index (χ2n) is 11.0. The Labute approximate surface area is 265 Å². The number of aromatic nitrogens is 2. The van der Waals surface area contributed by atoms with Crippen molar-refractivity contribution < 1.29 is 26.7 Å². The number of aliphatic imine (C=N–C) groups is 1. The van der Waals surface area contributed by atoms with Gasteiger partial charge in [0, 0.05) is 36.4 Å². The van der Waals surface area contributed by atoms with Gasteiger partial charge in [0.15, 0.2) is 5.83 Å². The number of rotatable bonds is 7. The molecule has 1 amide bonds. The fraction of sp³-hybridized carbons (Fsp3) is 0.312. The van der Waals surface area contributed by atoms with E-state index < -0.39 is 52.2 Å². The molecule has 6 nitrogen and oxygen atoms in total. The van der Waals surface area contributed by atoms with Crippen molar-refractivity contribution in [2.45, 2.75) is 51.2 Å². The van der Waals surface area contributed by atoms with Crippen LogP contribution in [0.4, 0.5) is 22.0 Å². The molecule has 2 aromatic heterocycles. The molecular formula is C32H27Cl2F5N4O2. The third-order valence-corrected chi connectivity index (χ3v) is 8.80. The monoisotopic (exact) mass is 664 g/mol. The summed E-state index contributed by atoms with van der Waals surface area (Å²) in [6.45, 7) is 4.98. The molecule has 1 saturated heterocycles. The summed E-state index contributed by atoms with van der Waals surface area (Å²) in [6.07, 6.45) is 1.70. The first-order valence-electron chi connectivity index (χ1n) is 14.0. The van der Waals surface area contributed by atoms with E-state index in [1.54, 1.807) is 32.2 Å². The van der Waals surface area contributed by atoms with E-state index in [-0.39, 0.29) is 35.7 Å². The summed E-state index contributed by atoms with van der Waals surface area (Å²) >= 11 is 12.7. The number of carbonyl (C=O) groups is 1. The standard InChI is InChI=1S/C32H27Cl2F5N4O2/c1-4-9-41-29(20-6-5-7-21(28(20)36)30(44)42-10-8-24(42)32(37,38)39)23(35)15-43-16(2)11-22(27(34)31(43)45)26-17(3)25(26)18-12-19(33)14-40-13-18/h4-7,9,11-15,17,24-26H,8,10H2,1-3H3/b9-4+,23-15-,41-29+. The van der Waals surface area contributed by atoms with Crippen molar-refractivity contribution in [1.82, 2.24) is 14.5 Å². The maximum atomic E-state index is 15.9. The van der Waals surface area contributed by atoms with E-state index in [4.69, 9.17) is 23.2 Å². The van der Waals surface area contributed by atoms with Crippen molar-refractivity contribution in [2.75, 3.05) is 6.54 Å². The molecule has 0 spiro atoms. The van der Waals surface area contributed by atoms with Crippen molar-refractivity contribution in [3.63, 3.8) is 0 Å². The van der Waals surface area contributed by atoms with Crippen LogP contribution in [0.2, 0.25) is 10.0 Å². The highest BCUT2D eigenvalue weighted by Crippen LogP contribution is 2.61. The van der Waals surface area contributed by atoms with Gasteiger partial charge in [-0.15, -0.1) is 0 Å². The number of aryl methyl sites for hydroxylation is 1. The minimum Gasteiger partial charge on any atom is -0.326 e. The minimum absolute atomic E-state index is 0.0239. The van der Waals surface area contributed by atoms with Crippen LogP contribution in [-0.2, 0) is 0 Å². The zero-order chi connectivity index (χ0) is 32.8. The molecule has 4 atom stereocenters. The summed E-state index contributed by atoms with van der Waals surface area (Å²) in [5, 5.41) is 0.370. The van der Waals surface area contributed by atoms with Gasteiger partial charge < -0.3 is 4.90 Å². The van der Waals surface area contributed by atoms with Gasteiger partial charge >= 0.3 is 6.18 Å². The molecule has 236 valence electrons. The molecule has 3 aromatic rings. The lowest BCUT2D eigenvalue weighted by Crippen LogP contribution is -2.58. The van der Waals surface area contributed by atoms with Crippen molar-refractivity contribution in [1.29, 1.82) is 0 Å². The number of hydrogen-bond donors (Lipinski definition) is 0. The Balaban J connectivity index is 1.50. The number of likely N-dealkylation sites (tertiary alicyclic amines) is 1. The lowest BCUT2D eigenvalue weighted by molar-refractivity contribution is -0.199. The summed E-state index contributed by atoms with van der Waals surface area (Å²) in [7, 11) is 0. The number of hydrogen-bond acceptors (Lipinski definition) is 4. The number of carbonyl (C=O) groups excluding carboxylic acids is 1. The summed E-state index contributed by atoms with van der Waals surface area (Å²) in [5.74, 6) is -3.51. The lowest BCUT2D eigenvalue weighted by atomic mass is 9.98. The normalized spacial score (nSPS) is 22.1. The number of alkyl halides is 3. The molecule has 5 rings (SSSR count). The number of halogens is 7. The fourth-order valence-corrected chi connectivity index (χ4v) is 6.25. The Hall–Kier alpha value is -3.83. The predicted molar refractivity (Wildman–Crippen MR) is 163 cm³/mol. The van der Waals surface area contributed by atoms with Gasteiger partial charge in [-0.25, -0.2) is 8.78 Å². The van der Waals surface area contributed by atoms with E-state index in [9.17, 15) is 22.8 Å². The highest BCUT2D eigenvalue weighted by molar-refractivity contribution is 6.31. The third kappa shape index (κ3) is 6.20. The van der Waals surface area contributed by atoms with Crippen molar-refractivity contribution in [3.8, 4) is 0 Å². The highest BCUT2D eigenvalue weighted by atomic mass is 35.5. The smallest absolute Gasteiger partial charge is 0.326 e. The molecule has 1 aliphatic carbocycles. The molecule has 0 radical (unpaired) electrons. The van der Waals surface area contributed by atoms with E-state index in [1.807, 2.05) is 6.92 Å². The Morgan fingerprint density at radius 3 is 2.47 bits per heavy atom. The largest absolute Gasteiger partial charge is 0.408 e. The minimum atomic E-state index is -4.66. The molecule has 1 aliphatic heterocycles. The molecule has 1 saturated carbocycles. The van der Waals surface area contributed by atoms with Crippen LogP contribution in [0.5, 0.6) is 0 Å². The molecule has 2 fully saturated rings. The summed E-state index contributed by atoms with van der Waals surface area (Å²) in [6, 6.07) is 4.85. The molecule has 0 bridgehead atoms. The van der Waals surface area contributed by atoms with Gasteiger partial charge in [-0.2, -0.15) is 13.2 Å². The Morgan fingerprint density at radius 1 is 1.13 bits per heavy atom. The fourth-order valence-electron chi connectivity index (χ4n) is 5.80. The topological polar surface area (TPSA) is 67.6 Å². The number of benzene rings is 1. The van der Waals surface area contributed by atoms with Crippen LogP contribution in [0, 0.1) is 18.7 Å². The van der Waals surface area contributed by atoms with Crippen LogP contribution in [0.1, 0.15) is 64.8 Å². The zero-order valence-corrected chi connectivity index (χ0v) is 25.8. The molecule has 45 heavy (non-hydrogen) atoms. The quantitative estimate of drug-likeness (QED) is 0.189. The number of amides is 1. The molecular weight excluding hydrogens is 638 g/mol. The molecule has 0 N–H and O–H groups in total. The van der Waals surface area contributed by atoms with E-state index in [0.29, 0.717) is 21.2 Å². The van der Waals surface area contributed by atoms with Crippen LogP contribution in [0.3, 0.4) is 0 Å². The van der Waals surface area contributed by atoms with Crippen LogP contribution >= 0.6 is 23.2 Å². The van der Waals surface area contributed by atoms with Gasteiger partial charge in [0.05, 0.1) is 16.8 Å². The number of pyridine rings is 2. The average molecular weight is 665 g/mol. The second kappa shape index (κ2) is 12.5. The third-order valence-electron chi connectivity index (χ3n) is 8.22. The van der Waals surface area contributed by atoms with Gasteiger partial charge in [-0.3, -0.25) is 24.1 Å². The first-order valence-corrected chi connectivity index (χ1v) is 14.8. The summed E-state index contributed by atoms with van der Waals surface area (Å²) < 4.78 is 72.4. The summed E-state index contributed by atoms with van der Waals surface area (Å²) in [4.78, 5) is 34.9. The van der Waals surface area contributed by atoms with E-state index >= 15 is 8.78 Å². The first kappa shape index (κ1) is 32.6. The van der Waals surface area contributed by atoms with E-state index in [1.165, 1.54) is 24.5 Å². The SMILES string of the molecule is C/C=C/N=C(/C(F)=C/n1c(C)cc(C2C(C)C2c2cncc(Cl)c2)c(Cl)c1=O)c1cccc(C(=O)N2CCC2C(F)(F)F)c1F. The molecule has 2 aliphatic rings. The molecule has 1 aromatic carbocycles. The van der Waals surface area contributed by atoms with E-state index in [2.05, 4.69) is 9.98 Å². The molecule has 13 heteroatoms. The predicted octanol–water partition coefficient (Wildman–Crippen LogP) is 8.08. The van der Waals surface area contributed by atoms with E-state index in [0.717, 1.165) is 28.5 Å². The summed E-state index contributed by atoms with van der Waals surface area (Å²) in [5.41, 5.74) is -0.602. The van der Waals surface area contributed by atoms with Gasteiger partial charge in [0.25, 0.3) is 11.5 Å². The Morgan fingerprint density at radius 2 is 1.84 bits per heavy atom. The number of nitrogens with zero attached hydrogens (tertiary/aromatic N) is 4. The maximum absolute atomic E-state index is 15.9. The number of allylic oxidation sites excluding steroid dienone is 2. The van der Waals surface area contributed by atoms with Gasteiger partial charge in [0.1, 0.15) is 22.6 Å². The van der Waals surface area contributed by atoms with Gasteiger partial charge in [0.2, 0.25) is 0 Å². The lowest BCUT2D eigenvalue weighted by Gasteiger charge is -2.41. The van der Waals surface area contributed by atoms with Crippen LogP contribution in [0.15, 0.2) is 70.6 Å². The van der Waals surface area contributed by atoms with Crippen molar-refractivity contribution >= 4 is 41.0 Å². The second-order valence-corrected chi connectivity index (χ2v) is 11.8. The maximum Gasteiger partial charge on any atom is 0.408 e. The zero-order valence-electron chi connectivity index (χ0n) is 24.2. The van der Waals surface area contributed by atoms with Crippen LogP contribution in [-0.4, -0.2) is 44.8 Å².